The molecule has 0 saturated carbocycles. The van der Waals surface area contributed by atoms with E-state index in [1.54, 1.807) is 24.8 Å². The average Bonchev–Trinajstić information content (AvgIpc) is 3.95. The quantitative estimate of drug-likeness (QED) is 0.127. The third-order valence-electron chi connectivity index (χ3n) is 18.1. The monoisotopic (exact) mass is 1080 g/mol. The number of hydrogen-bond acceptors (Lipinski definition) is 6. The van der Waals surface area contributed by atoms with Crippen molar-refractivity contribution in [1.29, 1.82) is 0 Å². The zero-order chi connectivity index (χ0) is 57.8. The van der Waals surface area contributed by atoms with Crippen LogP contribution in [0.2, 0.25) is 0 Å². The fourth-order valence-electron chi connectivity index (χ4n) is 13.2. The predicted octanol–water partition coefficient (Wildman–Crippen LogP) is 20.1. The summed E-state index contributed by atoms with van der Waals surface area (Å²) in [5.41, 5.74) is 26.9. The van der Waals surface area contributed by atoms with Crippen LogP contribution in [-0.4, -0.2) is 19.9 Å². The van der Waals surface area contributed by atoms with Crippen molar-refractivity contribution in [2.24, 2.45) is 0 Å². The molecule has 410 valence electrons. The highest BCUT2D eigenvalue weighted by Gasteiger charge is 2.39. The number of aromatic nitrogens is 4. The van der Waals surface area contributed by atoms with Gasteiger partial charge in [0.05, 0.1) is 12.4 Å². The Balaban J connectivity index is 0.724. The molecule has 3 aliphatic rings. The molecule has 2 heterocycles. The van der Waals surface area contributed by atoms with Gasteiger partial charge in [-0.05, 0) is 160 Å². The Hall–Kier alpha value is -9.00. The van der Waals surface area contributed by atoms with Crippen molar-refractivity contribution in [2.75, 3.05) is 9.80 Å². The molecule has 6 heteroatoms. The molecule has 0 saturated heterocycles. The van der Waals surface area contributed by atoms with Crippen LogP contribution in [0.1, 0.15) is 150 Å². The second-order valence-electron chi connectivity index (χ2n) is 26.6. The summed E-state index contributed by atoms with van der Waals surface area (Å²) in [7, 11) is 0. The third-order valence-corrected chi connectivity index (χ3v) is 18.1. The first-order chi connectivity index (χ1) is 39.6. The molecule has 0 fully saturated rings. The van der Waals surface area contributed by atoms with Crippen LogP contribution in [0.25, 0.3) is 57.7 Å². The summed E-state index contributed by atoms with van der Waals surface area (Å²) < 4.78 is 0. The smallest absolute Gasteiger partial charge is 0.156 e. The largest absolute Gasteiger partial charge is 0.294 e. The molecule has 8 aromatic carbocycles. The van der Waals surface area contributed by atoms with E-state index in [2.05, 4.69) is 285 Å². The van der Waals surface area contributed by atoms with Gasteiger partial charge in [0.2, 0.25) is 0 Å². The van der Waals surface area contributed by atoms with Crippen molar-refractivity contribution in [3.8, 4) is 33.4 Å². The second-order valence-corrected chi connectivity index (χ2v) is 26.6. The molecule has 0 atom stereocenters. The van der Waals surface area contributed by atoms with E-state index >= 15 is 0 Å². The molecule has 2 aromatic heterocycles. The van der Waals surface area contributed by atoms with E-state index in [9.17, 15) is 0 Å². The number of fused-ring (bicyclic) bond motifs is 9. The van der Waals surface area contributed by atoms with Gasteiger partial charge >= 0.3 is 0 Å². The topological polar surface area (TPSA) is 58.0 Å². The zero-order valence-corrected chi connectivity index (χ0v) is 50.0. The van der Waals surface area contributed by atoms with Crippen LogP contribution in [0, 0.1) is 0 Å². The molecule has 6 nitrogen and oxygen atoms in total. The highest BCUT2D eigenvalue weighted by Crippen LogP contribution is 2.54. The Morgan fingerprint density at radius 2 is 0.578 bits per heavy atom. The summed E-state index contributed by atoms with van der Waals surface area (Å²) in [6.07, 6.45) is 19.8. The van der Waals surface area contributed by atoms with Crippen LogP contribution >= 0.6 is 0 Å². The van der Waals surface area contributed by atoms with E-state index in [0.717, 1.165) is 34.4 Å². The maximum Gasteiger partial charge on any atom is 0.156 e. The maximum atomic E-state index is 4.77. The Bertz CT molecular complexity index is 3950. The lowest BCUT2D eigenvalue weighted by atomic mass is 9.81. The van der Waals surface area contributed by atoms with Gasteiger partial charge in [-0.3, -0.25) is 19.8 Å². The summed E-state index contributed by atoms with van der Waals surface area (Å²) in [5, 5.41) is 0. The van der Waals surface area contributed by atoms with Gasteiger partial charge in [-0.2, -0.15) is 0 Å². The van der Waals surface area contributed by atoms with Crippen LogP contribution in [0.15, 0.2) is 195 Å². The van der Waals surface area contributed by atoms with E-state index in [1.165, 1.54) is 100 Å². The molecular formula is C77H72N6. The molecule has 0 aliphatic heterocycles. The van der Waals surface area contributed by atoms with Crippen LogP contribution < -0.4 is 9.80 Å². The Kier molecular flexibility index (Phi) is 12.6. The van der Waals surface area contributed by atoms with Gasteiger partial charge in [0.25, 0.3) is 0 Å². The van der Waals surface area contributed by atoms with Gasteiger partial charge in [-0.1, -0.05) is 217 Å². The molecule has 10 aromatic rings. The standard InChI is InChI=1S/C77H72N6/c1-73(2,3)53-21-25-55(26-22-53)82(71-47-78-37-39-80-71)57-29-35-63-61-33-19-51(43-67(61)76(9,10)69(63)45-57)15-13-49-17-31-59-60-32-18-50(42-66(60)75(7,8)65(59)41-49)14-16-52-20-34-62-64-36-30-58(46-70(64)77(11,12)68(62)44-52)83(72-48-79-38-40-81-72)56-27-23-54(24-28-56)74(4,5)6/h13-48H,1-12H3. The van der Waals surface area contributed by atoms with Gasteiger partial charge in [-0.25, -0.2) is 9.97 Å². The van der Waals surface area contributed by atoms with E-state index in [0.29, 0.717) is 0 Å². The summed E-state index contributed by atoms with van der Waals surface area (Å²) in [5.74, 6) is 1.57. The Morgan fingerprint density at radius 1 is 0.313 bits per heavy atom. The fraction of sp³-hybridized carbons (Fsp3) is 0.221. The van der Waals surface area contributed by atoms with Crippen molar-refractivity contribution in [2.45, 2.75) is 110 Å². The summed E-state index contributed by atoms with van der Waals surface area (Å²) in [4.78, 5) is 22.9. The molecule has 0 amide bonds. The van der Waals surface area contributed by atoms with Crippen LogP contribution in [0.3, 0.4) is 0 Å². The average molecular weight is 1080 g/mol. The van der Waals surface area contributed by atoms with E-state index < -0.39 is 0 Å². The second kappa shape index (κ2) is 19.6. The van der Waals surface area contributed by atoms with Crippen molar-refractivity contribution in [1.82, 2.24) is 19.9 Å². The minimum atomic E-state index is -0.216. The minimum Gasteiger partial charge on any atom is -0.294 e. The molecular weight excluding hydrogens is 1010 g/mol. The maximum absolute atomic E-state index is 4.77. The molecule has 0 spiro atoms. The SMILES string of the molecule is CC(C)(C)c1ccc(N(c2ccc3c(c2)C(C)(C)c2cc(C=Cc4ccc5c(c4)C(C)(C)c4cc(C=Cc6ccc7c(c6)C(C)(C)c6cc(N(c8ccc(C(C)(C)C)cc8)c8cnccn8)ccc6-7)ccc4-5)ccc2-3)c2cnccn2)cc1. The zero-order valence-electron chi connectivity index (χ0n) is 50.0. The highest BCUT2D eigenvalue weighted by molar-refractivity contribution is 5.90. The summed E-state index contributed by atoms with van der Waals surface area (Å²) in [6.45, 7) is 27.7. The minimum absolute atomic E-state index is 0.0579. The van der Waals surface area contributed by atoms with Gasteiger partial charge < -0.3 is 0 Å². The van der Waals surface area contributed by atoms with Crippen molar-refractivity contribution in [3.63, 3.8) is 0 Å². The summed E-state index contributed by atoms with van der Waals surface area (Å²) in [6, 6.07) is 59.4. The fourth-order valence-corrected chi connectivity index (χ4v) is 13.2. The molecule has 13 rings (SSSR count). The van der Waals surface area contributed by atoms with Gasteiger partial charge in [0.1, 0.15) is 0 Å². The normalized spacial score (nSPS) is 14.9. The lowest BCUT2D eigenvalue weighted by molar-refractivity contribution is 0.590. The molecule has 0 radical (unpaired) electrons. The van der Waals surface area contributed by atoms with Gasteiger partial charge in [0, 0.05) is 63.8 Å². The molecule has 0 unspecified atom stereocenters. The Labute approximate surface area is 491 Å². The van der Waals surface area contributed by atoms with Crippen molar-refractivity contribution in [3.05, 3.63) is 262 Å². The van der Waals surface area contributed by atoms with Gasteiger partial charge in [-0.15, -0.1) is 0 Å². The molecule has 0 N–H and O–H groups in total. The van der Waals surface area contributed by atoms with E-state index in [4.69, 9.17) is 9.97 Å². The predicted molar refractivity (Wildman–Crippen MR) is 348 cm³/mol. The van der Waals surface area contributed by atoms with Crippen LogP contribution in [0.4, 0.5) is 34.4 Å². The number of anilines is 6. The van der Waals surface area contributed by atoms with Crippen molar-refractivity contribution < 1.29 is 0 Å². The number of nitrogens with zero attached hydrogens (tertiary/aromatic N) is 6. The number of benzene rings is 8. The van der Waals surface area contributed by atoms with E-state index in [-0.39, 0.29) is 27.1 Å². The lowest BCUT2D eigenvalue weighted by Crippen LogP contribution is -2.17. The third kappa shape index (κ3) is 9.29. The molecule has 83 heavy (non-hydrogen) atoms. The first-order valence-corrected chi connectivity index (χ1v) is 29.2. The summed E-state index contributed by atoms with van der Waals surface area (Å²) >= 11 is 0. The lowest BCUT2D eigenvalue weighted by Gasteiger charge is -2.28. The van der Waals surface area contributed by atoms with E-state index in [1.807, 2.05) is 12.4 Å². The van der Waals surface area contributed by atoms with Crippen LogP contribution in [-0.2, 0) is 27.1 Å². The van der Waals surface area contributed by atoms with Gasteiger partial charge in [0.15, 0.2) is 11.6 Å². The molecule has 0 bridgehead atoms. The van der Waals surface area contributed by atoms with Crippen LogP contribution in [0.5, 0.6) is 0 Å². The van der Waals surface area contributed by atoms with Crippen molar-refractivity contribution >= 4 is 58.7 Å². The number of rotatable bonds is 10. The molecule has 3 aliphatic carbocycles. The number of hydrogen-bond donors (Lipinski definition) is 0. The Morgan fingerprint density at radius 3 is 0.843 bits per heavy atom. The first-order valence-electron chi connectivity index (χ1n) is 29.2. The highest BCUT2D eigenvalue weighted by atomic mass is 15.2. The first kappa shape index (κ1) is 53.3.